The van der Waals surface area contributed by atoms with Crippen molar-refractivity contribution >= 4 is 68.4 Å². The zero-order valence-corrected chi connectivity index (χ0v) is 20.9. The van der Waals surface area contributed by atoms with Crippen molar-refractivity contribution in [3.05, 3.63) is 84.8 Å². The number of ether oxygens (including phenoxy) is 2. The lowest BCUT2D eigenvalue weighted by Gasteiger charge is -2.13. The van der Waals surface area contributed by atoms with E-state index in [0.717, 1.165) is 29.4 Å². The molecule has 6 nitrogen and oxygen atoms in total. The molecule has 0 atom stereocenters. The molecule has 31 heavy (non-hydrogen) atoms. The summed E-state index contributed by atoms with van der Waals surface area (Å²) < 4.78 is 13.7. The van der Waals surface area contributed by atoms with Gasteiger partial charge in [0.2, 0.25) is 6.20 Å². The van der Waals surface area contributed by atoms with Crippen molar-refractivity contribution in [3.63, 3.8) is 0 Å². The number of nitrogens with one attached hydrogen (secondary N) is 1. The zero-order valence-electron chi connectivity index (χ0n) is 16.6. The molecule has 4 rings (SSSR count). The van der Waals surface area contributed by atoms with Gasteiger partial charge in [0.15, 0.2) is 5.57 Å². The number of fused-ring (bicyclic) bond motifs is 3. The zero-order chi connectivity index (χ0) is 22.1. The summed E-state index contributed by atoms with van der Waals surface area (Å²) >= 11 is 4.48. The molecule has 0 aromatic heterocycles. The van der Waals surface area contributed by atoms with E-state index < -0.39 is 11.9 Å². The molecule has 0 radical (unpaired) electrons. The molecule has 156 valence electrons. The molecule has 2 aliphatic rings. The Kier molecular flexibility index (Phi) is 6.28. The Bertz CT molecular complexity index is 1190. The number of hydrazone groups is 1. The lowest BCUT2D eigenvalue weighted by Crippen LogP contribution is -2.37. The highest BCUT2D eigenvalue weighted by molar-refractivity contribution is 14.1. The van der Waals surface area contributed by atoms with Gasteiger partial charge in [-0.1, -0.05) is 16.8 Å². The standard InChI is InChI=1S/C23H16I2N2O4/c1-30-22(28)20(21(23(29)31-2)27-10-4-3-9-26-27)19-17-11-13(24)5-7-15(17)16-8-6-14(25)12-18(16)19/h3-12H,1-2H3/p+1. The van der Waals surface area contributed by atoms with E-state index in [1.165, 1.54) is 18.9 Å². The fourth-order valence-corrected chi connectivity index (χ4v) is 4.65. The number of rotatable bonds is 3. The van der Waals surface area contributed by atoms with Crippen LogP contribution < -0.4 is 5.43 Å². The summed E-state index contributed by atoms with van der Waals surface area (Å²) in [5.74, 6) is -1.29. The first kappa shape index (κ1) is 21.8. The second kappa shape index (κ2) is 8.95. The van der Waals surface area contributed by atoms with E-state index in [4.69, 9.17) is 9.47 Å². The van der Waals surface area contributed by atoms with Gasteiger partial charge in [0.05, 0.1) is 20.4 Å². The normalized spacial score (nSPS) is 15.0. The molecule has 0 fully saturated rings. The predicted octanol–water partition coefficient (Wildman–Crippen LogP) is 4.02. The Balaban J connectivity index is 2.16. The number of carbonyl (C=O) groups excluding carboxylic acids is 2. The van der Waals surface area contributed by atoms with E-state index >= 15 is 0 Å². The summed E-state index contributed by atoms with van der Waals surface area (Å²) in [5.41, 5.74) is 7.50. The number of nitrogens with zero attached hydrogens (tertiary/aromatic N) is 1. The average molecular weight is 639 g/mol. The Morgan fingerprint density at radius 1 is 0.839 bits per heavy atom. The van der Waals surface area contributed by atoms with Crippen LogP contribution in [0.25, 0.3) is 16.7 Å². The number of hydrogen-bond donors (Lipinski definition) is 1. The highest BCUT2D eigenvalue weighted by Crippen LogP contribution is 2.47. The van der Waals surface area contributed by atoms with E-state index in [2.05, 4.69) is 50.6 Å². The number of hydrazine groups is 1. The summed E-state index contributed by atoms with van der Waals surface area (Å²) in [7, 11) is 2.59. The molecule has 8 heteroatoms. The number of allylic oxidation sites excluding steroid dienone is 2. The second-order valence-electron chi connectivity index (χ2n) is 6.66. The van der Waals surface area contributed by atoms with E-state index in [-0.39, 0.29) is 11.3 Å². The van der Waals surface area contributed by atoms with Crippen LogP contribution in [-0.2, 0) is 19.1 Å². The maximum Gasteiger partial charge on any atom is 0.407 e. The lowest BCUT2D eigenvalue weighted by molar-refractivity contribution is -0.510. The molecule has 0 saturated heterocycles. The first-order valence-electron chi connectivity index (χ1n) is 9.23. The molecule has 0 bridgehead atoms. The number of benzene rings is 2. The van der Waals surface area contributed by atoms with Gasteiger partial charge in [0, 0.05) is 18.8 Å². The van der Waals surface area contributed by atoms with E-state index in [1.807, 2.05) is 36.4 Å². The number of methoxy groups -OCH3 is 2. The molecule has 2 aromatic carbocycles. The van der Waals surface area contributed by atoms with Crippen molar-refractivity contribution in [1.29, 1.82) is 0 Å². The van der Waals surface area contributed by atoms with Gasteiger partial charge in [-0.05, 0) is 97.8 Å². The SMILES string of the molecule is COC(=O)C(=C1c2cc(I)ccc2-c2ccc(I)cc21)C(C(=O)OC)=[N+]1C=CC=CN1. The molecule has 1 heterocycles. The smallest absolute Gasteiger partial charge is 0.407 e. The van der Waals surface area contributed by atoms with Gasteiger partial charge in [-0.25, -0.2) is 9.59 Å². The van der Waals surface area contributed by atoms with Crippen LogP contribution in [0, 0.1) is 7.14 Å². The number of hydrogen-bond acceptors (Lipinski definition) is 5. The Hall–Kier alpha value is -2.47. The molecule has 2 aromatic rings. The largest absolute Gasteiger partial charge is 0.465 e. The molecule has 0 saturated carbocycles. The second-order valence-corrected chi connectivity index (χ2v) is 9.15. The van der Waals surface area contributed by atoms with Gasteiger partial charge in [-0.3, -0.25) is 0 Å². The van der Waals surface area contributed by atoms with Gasteiger partial charge >= 0.3 is 17.7 Å². The number of carbonyl (C=O) groups is 2. The van der Waals surface area contributed by atoms with Crippen molar-refractivity contribution in [2.75, 3.05) is 14.2 Å². The van der Waals surface area contributed by atoms with Crippen LogP contribution in [-0.4, -0.2) is 36.6 Å². The van der Waals surface area contributed by atoms with Crippen LogP contribution in [0.5, 0.6) is 0 Å². The Morgan fingerprint density at radius 2 is 1.42 bits per heavy atom. The van der Waals surface area contributed by atoms with Crippen LogP contribution >= 0.6 is 45.2 Å². The third-order valence-electron chi connectivity index (χ3n) is 4.94. The summed E-state index contributed by atoms with van der Waals surface area (Å²) in [6, 6.07) is 12.1. The van der Waals surface area contributed by atoms with Crippen molar-refractivity contribution in [1.82, 2.24) is 5.43 Å². The first-order valence-corrected chi connectivity index (χ1v) is 11.4. The summed E-state index contributed by atoms with van der Waals surface area (Å²) in [4.78, 5) is 26.1. The van der Waals surface area contributed by atoms with Gasteiger partial charge in [-0.2, -0.15) is 5.43 Å². The first-order chi connectivity index (χ1) is 15.0. The third kappa shape index (κ3) is 3.93. The molecule has 1 aliphatic carbocycles. The molecular weight excluding hydrogens is 622 g/mol. The molecular formula is C23H17I2N2O4+. The van der Waals surface area contributed by atoms with Crippen molar-refractivity contribution in [2.45, 2.75) is 0 Å². The maximum absolute atomic E-state index is 13.2. The van der Waals surface area contributed by atoms with E-state index in [0.29, 0.717) is 5.57 Å². The summed E-state index contributed by atoms with van der Waals surface area (Å²) in [6.07, 6.45) is 6.84. The lowest BCUT2D eigenvalue weighted by atomic mass is 9.94. The van der Waals surface area contributed by atoms with Crippen LogP contribution in [0.15, 0.2) is 66.5 Å². The molecule has 0 amide bonds. The monoisotopic (exact) mass is 639 g/mol. The van der Waals surface area contributed by atoms with Crippen LogP contribution in [0.3, 0.4) is 0 Å². The van der Waals surface area contributed by atoms with Gasteiger partial charge in [0.1, 0.15) is 0 Å². The van der Waals surface area contributed by atoms with Crippen LogP contribution in [0.1, 0.15) is 11.1 Å². The van der Waals surface area contributed by atoms with Crippen molar-refractivity contribution in [3.8, 4) is 11.1 Å². The average Bonchev–Trinajstić information content (AvgIpc) is 3.09. The van der Waals surface area contributed by atoms with Gasteiger partial charge < -0.3 is 9.47 Å². The van der Waals surface area contributed by atoms with Crippen molar-refractivity contribution < 1.29 is 23.7 Å². The number of halogens is 2. The fraction of sp³-hybridized carbons (Fsp3) is 0.0870. The highest BCUT2D eigenvalue weighted by Gasteiger charge is 2.40. The molecule has 0 spiro atoms. The molecule has 1 N–H and O–H groups in total. The highest BCUT2D eigenvalue weighted by atomic mass is 127. The third-order valence-corrected chi connectivity index (χ3v) is 6.29. The molecule has 1 aliphatic heterocycles. The minimum absolute atomic E-state index is 0.0430. The summed E-state index contributed by atoms with van der Waals surface area (Å²) in [5, 5.41) is 0. The van der Waals surface area contributed by atoms with Crippen LogP contribution in [0.4, 0.5) is 0 Å². The van der Waals surface area contributed by atoms with Gasteiger partial charge in [-0.15, -0.1) is 0 Å². The van der Waals surface area contributed by atoms with E-state index in [9.17, 15) is 9.59 Å². The van der Waals surface area contributed by atoms with Crippen molar-refractivity contribution in [2.24, 2.45) is 0 Å². The minimum Gasteiger partial charge on any atom is -0.465 e. The Labute approximate surface area is 206 Å². The maximum atomic E-state index is 13.2. The Morgan fingerprint density at radius 3 is 1.90 bits per heavy atom. The van der Waals surface area contributed by atoms with Gasteiger partial charge in [0.25, 0.3) is 0 Å². The number of esters is 2. The topological polar surface area (TPSA) is 67.6 Å². The summed E-state index contributed by atoms with van der Waals surface area (Å²) in [6.45, 7) is 0. The predicted molar refractivity (Wildman–Crippen MR) is 134 cm³/mol. The molecule has 0 unspecified atom stereocenters. The minimum atomic E-state index is -0.661. The quantitative estimate of drug-likeness (QED) is 0.203. The van der Waals surface area contributed by atoms with Crippen LogP contribution in [0.2, 0.25) is 0 Å². The fourth-order valence-electron chi connectivity index (χ4n) is 3.66. The van der Waals surface area contributed by atoms with E-state index in [1.54, 1.807) is 24.6 Å².